The maximum atomic E-state index is 12.9. The van der Waals surface area contributed by atoms with Crippen molar-refractivity contribution in [1.82, 2.24) is 10.3 Å². The molecule has 1 aliphatic heterocycles. The number of nitrogens with zero attached hydrogens (tertiary/aromatic N) is 2. The highest BCUT2D eigenvalue weighted by molar-refractivity contribution is 5.52. The van der Waals surface area contributed by atoms with Gasteiger partial charge in [0.1, 0.15) is 0 Å². The Kier molecular flexibility index (Phi) is 4.06. The molecule has 3 rings (SSSR count). The zero-order chi connectivity index (χ0) is 14.9. The van der Waals surface area contributed by atoms with Crippen molar-refractivity contribution in [3.63, 3.8) is 0 Å². The molecule has 1 atom stereocenters. The zero-order valence-corrected chi connectivity index (χ0v) is 11.9. The van der Waals surface area contributed by atoms with Crippen molar-refractivity contribution < 1.29 is 13.2 Å². The second-order valence-electron chi connectivity index (χ2n) is 5.99. The maximum absolute atomic E-state index is 12.9. The summed E-state index contributed by atoms with van der Waals surface area (Å²) in [7, 11) is 0. The molecule has 0 radical (unpaired) electrons. The lowest BCUT2D eigenvalue weighted by atomic mass is 9.96. The van der Waals surface area contributed by atoms with Gasteiger partial charge in [0.25, 0.3) is 0 Å². The van der Waals surface area contributed by atoms with Crippen LogP contribution in [0, 0.1) is 5.92 Å². The van der Waals surface area contributed by atoms with Gasteiger partial charge < -0.3 is 10.2 Å². The molecule has 2 heterocycles. The van der Waals surface area contributed by atoms with E-state index in [4.69, 9.17) is 0 Å². The van der Waals surface area contributed by atoms with Gasteiger partial charge in [-0.2, -0.15) is 13.2 Å². The van der Waals surface area contributed by atoms with Crippen LogP contribution in [0.1, 0.15) is 31.2 Å². The Hall–Kier alpha value is -1.30. The molecule has 0 aromatic carbocycles. The number of aromatic nitrogens is 1. The molecule has 0 amide bonds. The van der Waals surface area contributed by atoms with Gasteiger partial charge in [-0.25, -0.2) is 0 Å². The third-order valence-electron chi connectivity index (χ3n) is 4.26. The van der Waals surface area contributed by atoms with Gasteiger partial charge in [0.05, 0.1) is 5.92 Å². The van der Waals surface area contributed by atoms with Gasteiger partial charge in [-0.15, -0.1) is 0 Å². The first-order valence-electron chi connectivity index (χ1n) is 7.52. The second kappa shape index (κ2) is 5.83. The first-order valence-corrected chi connectivity index (χ1v) is 7.52. The molecule has 2 fully saturated rings. The number of pyridine rings is 1. The lowest BCUT2D eigenvalue weighted by molar-refractivity contribution is -0.176. The number of alkyl halides is 3. The van der Waals surface area contributed by atoms with Crippen molar-refractivity contribution >= 4 is 5.69 Å². The highest BCUT2D eigenvalue weighted by Gasteiger charge is 2.42. The van der Waals surface area contributed by atoms with Crippen LogP contribution in [0.15, 0.2) is 18.5 Å². The van der Waals surface area contributed by atoms with Crippen LogP contribution in [0.4, 0.5) is 18.9 Å². The summed E-state index contributed by atoms with van der Waals surface area (Å²) in [5, 5.41) is 3.40. The predicted octanol–water partition coefficient (Wildman–Crippen LogP) is 3.11. The van der Waals surface area contributed by atoms with Gasteiger partial charge in [-0.3, -0.25) is 4.98 Å². The number of hydrogen-bond donors (Lipinski definition) is 1. The van der Waals surface area contributed by atoms with Gasteiger partial charge in [0.2, 0.25) is 0 Å². The summed E-state index contributed by atoms with van der Waals surface area (Å²) >= 11 is 0. The largest absolute Gasteiger partial charge is 0.393 e. The molecule has 116 valence electrons. The van der Waals surface area contributed by atoms with E-state index in [2.05, 4.69) is 10.3 Å². The standard InChI is InChI=1S/C15H20F3N3/c16-15(17,18)12-2-1-7-21(10-12)14-5-6-19-8-11(14)9-20-13-3-4-13/h5-6,8,12-13,20H,1-4,7,9-10H2. The van der Waals surface area contributed by atoms with E-state index in [1.165, 1.54) is 12.8 Å². The fourth-order valence-corrected chi connectivity index (χ4v) is 2.87. The van der Waals surface area contributed by atoms with Gasteiger partial charge >= 0.3 is 6.18 Å². The van der Waals surface area contributed by atoms with Gasteiger partial charge in [-0.1, -0.05) is 0 Å². The molecule has 0 bridgehead atoms. The van der Waals surface area contributed by atoms with Gasteiger partial charge in [0.15, 0.2) is 0 Å². The van der Waals surface area contributed by atoms with E-state index in [9.17, 15) is 13.2 Å². The minimum absolute atomic E-state index is 0.0595. The number of hydrogen-bond acceptors (Lipinski definition) is 3. The van der Waals surface area contributed by atoms with E-state index >= 15 is 0 Å². The number of halogens is 3. The van der Waals surface area contributed by atoms with Crippen LogP contribution < -0.4 is 10.2 Å². The van der Waals surface area contributed by atoms with Crippen molar-refractivity contribution in [2.24, 2.45) is 5.92 Å². The number of anilines is 1. The maximum Gasteiger partial charge on any atom is 0.393 e. The third kappa shape index (κ3) is 3.67. The average molecular weight is 299 g/mol. The van der Waals surface area contributed by atoms with Crippen LogP contribution in [0.2, 0.25) is 0 Å². The van der Waals surface area contributed by atoms with Crippen LogP contribution in [0.3, 0.4) is 0 Å². The SMILES string of the molecule is FC(F)(F)C1CCCN(c2ccncc2CNC2CC2)C1. The molecule has 3 nitrogen and oxygen atoms in total. The molecular weight excluding hydrogens is 279 g/mol. The molecule has 1 unspecified atom stereocenters. The normalized spacial score (nSPS) is 23.4. The molecule has 1 aromatic heterocycles. The van der Waals surface area contributed by atoms with Crippen LogP contribution in [-0.2, 0) is 6.54 Å². The predicted molar refractivity (Wildman–Crippen MR) is 75.1 cm³/mol. The molecule has 21 heavy (non-hydrogen) atoms. The molecule has 6 heteroatoms. The van der Waals surface area contributed by atoms with Crippen molar-refractivity contribution in [2.75, 3.05) is 18.0 Å². The van der Waals surface area contributed by atoms with Crippen molar-refractivity contribution in [3.05, 3.63) is 24.0 Å². The Morgan fingerprint density at radius 3 is 2.81 bits per heavy atom. The minimum atomic E-state index is -4.10. The average Bonchev–Trinajstić information content (AvgIpc) is 3.29. The molecular formula is C15H20F3N3. The zero-order valence-electron chi connectivity index (χ0n) is 11.9. The van der Waals surface area contributed by atoms with Gasteiger partial charge in [0, 0.05) is 49.3 Å². The summed E-state index contributed by atoms with van der Waals surface area (Å²) in [4.78, 5) is 5.99. The van der Waals surface area contributed by atoms with Crippen LogP contribution in [0.5, 0.6) is 0 Å². The van der Waals surface area contributed by atoms with E-state index in [0.717, 1.165) is 11.3 Å². The first-order chi connectivity index (χ1) is 10.0. The lowest BCUT2D eigenvalue weighted by Crippen LogP contribution is -2.42. The monoisotopic (exact) mass is 299 g/mol. The smallest absolute Gasteiger partial charge is 0.371 e. The Bertz CT molecular complexity index is 485. The third-order valence-corrected chi connectivity index (χ3v) is 4.26. The topological polar surface area (TPSA) is 28.2 Å². The van der Waals surface area contributed by atoms with Crippen molar-refractivity contribution in [3.8, 4) is 0 Å². The van der Waals surface area contributed by atoms with Crippen LogP contribution in [0.25, 0.3) is 0 Å². The molecule has 1 saturated carbocycles. The van der Waals surface area contributed by atoms with Gasteiger partial charge in [-0.05, 0) is 31.7 Å². The second-order valence-corrected chi connectivity index (χ2v) is 5.99. The highest BCUT2D eigenvalue weighted by atomic mass is 19.4. The van der Waals surface area contributed by atoms with Crippen LogP contribution >= 0.6 is 0 Å². The molecule has 1 saturated heterocycles. The first kappa shape index (κ1) is 14.6. The van der Waals surface area contributed by atoms with E-state index in [1.54, 1.807) is 12.4 Å². The molecule has 1 aliphatic carbocycles. The lowest BCUT2D eigenvalue weighted by Gasteiger charge is -2.36. The van der Waals surface area contributed by atoms with Crippen molar-refractivity contribution in [1.29, 1.82) is 0 Å². The molecule has 2 aliphatic rings. The summed E-state index contributed by atoms with van der Waals surface area (Å²) in [5.74, 6) is -1.22. The minimum Gasteiger partial charge on any atom is -0.371 e. The van der Waals surface area contributed by atoms with Crippen LogP contribution in [-0.4, -0.2) is 30.3 Å². The quantitative estimate of drug-likeness (QED) is 0.926. The molecule has 1 N–H and O–H groups in total. The number of nitrogens with one attached hydrogen (secondary N) is 1. The number of rotatable bonds is 4. The summed E-state index contributed by atoms with van der Waals surface area (Å²) in [6, 6.07) is 2.41. The Morgan fingerprint density at radius 2 is 2.10 bits per heavy atom. The Morgan fingerprint density at radius 1 is 1.29 bits per heavy atom. The van der Waals surface area contributed by atoms with Crippen molar-refractivity contribution in [2.45, 2.75) is 44.4 Å². The summed E-state index contributed by atoms with van der Waals surface area (Å²) in [6.07, 6.45) is 2.53. The highest BCUT2D eigenvalue weighted by Crippen LogP contribution is 2.35. The fourth-order valence-electron chi connectivity index (χ4n) is 2.87. The fraction of sp³-hybridized carbons (Fsp3) is 0.667. The molecule has 0 spiro atoms. The molecule has 1 aromatic rings. The summed E-state index contributed by atoms with van der Waals surface area (Å²) in [5.41, 5.74) is 1.89. The van der Waals surface area contributed by atoms with E-state index in [0.29, 0.717) is 25.6 Å². The summed E-state index contributed by atoms with van der Waals surface area (Å²) in [6.45, 7) is 1.43. The van der Waals surface area contributed by atoms with E-state index in [1.807, 2.05) is 11.0 Å². The number of piperidine rings is 1. The van der Waals surface area contributed by atoms with E-state index in [-0.39, 0.29) is 13.0 Å². The summed E-state index contributed by atoms with van der Waals surface area (Å²) < 4.78 is 38.8. The van der Waals surface area contributed by atoms with E-state index < -0.39 is 12.1 Å². The Balaban J connectivity index is 1.72. The Labute approximate surface area is 122 Å².